The van der Waals surface area contributed by atoms with Gasteiger partial charge in [-0.25, -0.2) is 13.2 Å². The maximum absolute atomic E-state index is 13.5. The second-order valence-electron chi connectivity index (χ2n) is 3.80. The molecule has 19 heavy (non-hydrogen) atoms. The van der Waals surface area contributed by atoms with Gasteiger partial charge >= 0.3 is 0 Å². The van der Waals surface area contributed by atoms with E-state index in [9.17, 15) is 18.0 Å². The van der Waals surface area contributed by atoms with Gasteiger partial charge in [0.25, 0.3) is 0 Å². The molecule has 0 aliphatic heterocycles. The first-order valence-corrected chi connectivity index (χ1v) is 5.36. The first kappa shape index (κ1) is 13.1. The van der Waals surface area contributed by atoms with Crippen LogP contribution in [0.15, 0.2) is 36.4 Å². The first-order valence-electron chi connectivity index (χ1n) is 5.36. The summed E-state index contributed by atoms with van der Waals surface area (Å²) >= 11 is 0. The van der Waals surface area contributed by atoms with Gasteiger partial charge in [0.05, 0.1) is 12.7 Å². The number of ketones is 1. The van der Waals surface area contributed by atoms with Crippen molar-refractivity contribution in [3.05, 3.63) is 65.0 Å². The minimum absolute atomic E-state index is 0.0882. The second kappa shape index (κ2) is 5.14. The molecule has 5 heteroatoms. The number of halogens is 3. The zero-order valence-corrected chi connectivity index (χ0v) is 9.91. The molecule has 0 N–H and O–H groups in total. The summed E-state index contributed by atoms with van der Waals surface area (Å²) in [4.78, 5) is 12.0. The van der Waals surface area contributed by atoms with Crippen LogP contribution in [0.2, 0.25) is 0 Å². The Bertz CT molecular complexity index is 598. The molecule has 0 fully saturated rings. The number of rotatable bonds is 3. The zero-order chi connectivity index (χ0) is 14.0. The SMILES string of the molecule is COc1ccc(C(=O)c2c(F)cc(F)cc2F)cc1. The third-order valence-electron chi connectivity index (χ3n) is 2.59. The maximum atomic E-state index is 13.5. The monoisotopic (exact) mass is 266 g/mol. The van der Waals surface area contributed by atoms with Crippen LogP contribution in [0.25, 0.3) is 0 Å². The van der Waals surface area contributed by atoms with Gasteiger partial charge in [0.15, 0.2) is 5.78 Å². The van der Waals surface area contributed by atoms with Gasteiger partial charge in [0.1, 0.15) is 23.2 Å². The Balaban J connectivity index is 2.44. The zero-order valence-electron chi connectivity index (χ0n) is 9.91. The van der Waals surface area contributed by atoms with Crippen LogP contribution in [0, 0.1) is 17.5 Å². The maximum Gasteiger partial charge on any atom is 0.198 e. The number of hydrogen-bond acceptors (Lipinski definition) is 2. The number of carbonyl (C=O) groups excluding carboxylic acids is 1. The highest BCUT2D eigenvalue weighted by atomic mass is 19.1. The quantitative estimate of drug-likeness (QED) is 0.796. The van der Waals surface area contributed by atoms with Crippen molar-refractivity contribution >= 4 is 5.78 Å². The lowest BCUT2D eigenvalue weighted by Crippen LogP contribution is -2.08. The summed E-state index contributed by atoms with van der Waals surface area (Å²) in [6.07, 6.45) is 0. The summed E-state index contributed by atoms with van der Waals surface area (Å²) in [5, 5.41) is 0. The molecule has 0 unspecified atom stereocenters. The van der Waals surface area contributed by atoms with Gasteiger partial charge in [-0.1, -0.05) is 0 Å². The summed E-state index contributed by atoms with van der Waals surface area (Å²) in [5.74, 6) is -3.85. The predicted octanol–water partition coefficient (Wildman–Crippen LogP) is 3.34. The molecule has 0 spiro atoms. The average Bonchev–Trinajstić information content (AvgIpc) is 2.37. The summed E-state index contributed by atoms with van der Waals surface area (Å²) in [6, 6.07) is 6.69. The molecule has 98 valence electrons. The van der Waals surface area contributed by atoms with Gasteiger partial charge in [-0.05, 0) is 24.3 Å². The molecule has 0 bridgehead atoms. The highest BCUT2D eigenvalue weighted by molar-refractivity contribution is 6.09. The van der Waals surface area contributed by atoms with E-state index in [2.05, 4.69) is 0 Å². The summed E-state index contributed by atoms with van der Waals surface area (Å²) in [6.45, 7) is 0. The molecule has 2 aromatic rings. The van der Waals surface area contributed by atoms with Crippen LogP contribution < -0.4 is 4.74 Å². The van der Waals surface area contributed by atoms with Crippen LogP contribution in [0.3, 0.4) is 0 Å². The summed E-state index contributed by atoms with van der Waals surface area (Å²) < 4.78 is 44.6. The van der Waals surface area contributed by atoms with Crippen molar-refractivity contribution in [3.63, 3.8) is 0 Å². The molecule has 0 radical (unpaired) electrons. The Morgan fingerprint density at radius 2 is 1.53 bits per heavy atom. The minimum atomic E-state index is -1.22. The third kappa shape index (κ3) is 2.59. The van der Waals surface area contributed by atoms with E-state index >= 15 is 0 Å². The van der Waals surface area contributed by atoms with Crippen LogP contribution >= 0.6 is 0 Å². The highest BCUT2D eigenvalue weighted by Gasteiger charge is 2.20. The lowest BCUT2D eigenvalue weighted by molar-refractivity contribution is 0.103. The Labute approximate surface area is 107 Å². The van der Waals surface area contributed by atoms with Crippen LogP contribution in [0.1, 0.15) is 15.9 Å². The van der Waals surface area contributed by atoms with Crippen molar-refractivity contribution in [2.24, 2.45) is 0 Å². The van der Waals surface area contributed by atoms with Gasteiger partial charge in [0, 0.05) is 17.7 Å². The van der Waals surface area contributed by atoms with Gasteiger partial charge < -0.3 is 4.74 Å². The highest BCUT2D eigenvalue weighted by Crippen LogP contribution is 2.20. The molecule has 2 rings (SSSR count). The van der Waals surface area contributed by atoms with Crippen molar-refractivity contribution < 1.29 is 22.7 Å². The van der Waals surface area contributed by atoms with Crippen molar-refractivity contribution in [3.8, 4) is 5.75 Å². The lowest BCUT2D eigenvalue weighted by atomic mass is 10.0. The number of hydrogen-bond donors (Lipinski definition) is 0. The number of benzene rings is 2. The van der Waals surface area contributed by atoms with E-state index in [1.165, 1.54) is 31.4 Å². The smallest absolute Gasteiger partial charge is 0.198 e. The molecule has 0 aliphatic rings. The molecule has 0 aromatic heterocycles. The average molecular weight is 266 g/mol. The summed E-state index contributed by atoms with van der Waals surface area (Å²) in [5.41, 5.74) is -0.684. The van der Waals surface area contributed by atoms with E-state index in [4.69, 9.17) is 4.74 Å². The topological polar surface area (TPSA) is 26.3 Å². The van der Waals surface area contributed by atoms with E-state index in [0.29, 0.717) is 17.9 Å². The Kier molecular flexibility index (Phi) is 3.55. The molecular weight excluding hydrogens is 257 g/mol. The fourth-order valence-corrected chi connectivity index (χ4v) is 1.65. The van der Waals surface area contributed by atoms with E-state index in [0.717, 1.165) is 0 Å². The van der Waals surface area contributed by atoms with Crippen molar-refractivity contribution in [1.29, 1.82) is 0 Å². The van der Waals surface area contributed by atoms with E-state index in [-0.39, 0.29) is 5.56 Å². The van der Waals surface area contributed by atoms with Crippen LogP contribution in [-0.2, 0) is 0 Å². The van der Waals surface area contributed by atoms with Gasteiger partial charge in [-0.3, -0.25) is 4.79 Å². The van der Waals surface area contributed by atoms with Crippen molar-refractivity contribution in [2.45, 2.75) is 0 Å². The predicted molar refractivity (Wildman–Crippen MR) is 62.7 cm³/mol. The number of methoxy groups -OCH3 is 1. The van der Waals surface area contributed by atoms with Crippen LogP contribution in [0.5, 0.6) is 5.75 Å². The summed E-state index contributed by atoms with van der Waals surface area (Å²) in [7, 11) is 1.45. The fraction of sp³-hybridized carbons (Fsp3) is 0.0714. The molecule has 0 heterocycles. The third-order valence-corrected chi connectivity index (χ3v) is 2.59. The number of ether oxygens (including phenoxy) is 1. The molecule has 0 amide bonds. The Morgan fingerprint density at radius 3 is 2.00 bits per heavy atom. The van der Waals surface area contributed by atoms with Crippen LogP contribution in [0.4, 0.5) is 13.2 Å². The van der Waals surface area contributed by atoms with E-state index in [1.807, 2.05) is 0 Å². The van der Waals surface area contributed by atoms with Crippen molar-refractivity contribution in [1.82, 2.24) is 0 Å². The molecule has 0 atom stereocenters. The van der Waals surface area contributed by atoms with Gasteiger partial charge in [0.2, 0.25) is 0 Å². The van der Waals surface area contributed by atoms with Crippen molar-refractivity contribution in [2.75, 3.05) is 7.11 Å². The van der Waals surface area contributed by atoms with E-state index in [1.54, 1.807) is 0 Å². The van der Waals surface area contributed by atoms with E-state index < -0.39 is 28.8 Å². The second-order valence-corrected chi connectivity index (χ2v) is 3.80. The lowest BCUT2D eigenvalue weighted by Gasteiger charge is -2.05. The standard InChI is InChI=1S/C14H9F3O2/c1-19-10-4-2-8(3-5-10)14(18)13-11(16)6-9(15)7-12(13)17/h2-7H,1H3. The largest absolute Gasteiger partial charge is 0.497 e. The molecular formula is C14H9F3O2. The number of carbonyl (C=O) groups is 1. The molecule has 0 saturated carbocycles. The normalized spacial score (nSPS) is 10.3. The van der Waals surface area contributed by atoms with Gasteiger partial charge in [-0.15, -0.1) is 0 Å². The fourth-order valence-electron chi connectivity index (χ4n) is 1.65. The van der Waals surface area contributed by atoms with Crippen LogP contribution in [-0.4, -0.2) is 12.9 Å². The molecule has 0 saturated heterocycles. The minimum Gasteiger partial charge on any atom is -0.497 e. The molecule has 0 aliphatic carbocycles. The Hall–Kier alpha value is -2.30. The Morgan fingerprint density at radius 1 is 1.00 bits per heavy atom. The molecule has 2 nitrogen and oxygen atoms in total. The van der Waals surface area contributed by atoms with Gasteiger partial charge in [-0.2, -0.15) is 0 Å². The molecule has 2 aromatic carbocycles. The first-order chi connectivity index (χ1) is 9.02.